The molecule has 2 unspecified atom stereocenters. The molecule has 0 aliphatic carbocycles. The standard InChI is InChI=1S/C24H26FN5O/c1-31-24-27-21-14-29(22-7-3-4-17-18(22)5-2-6-20(17)25)11-10-19(21)23(28-24)30-12-15-8-9-16(13-30)26-15/h2-7,15-16,26H,8-14H2,1H3. The van der Waals surface area contributed by atoms with Gasteiger partial charge in [0.15, 0.2) is 0 Å². The number of halogens is 1. The van der Waals surface area contributed by atoms with Crippen molar-refractivity contribution in [1.82, 2.24) is 15.3 Å². The molecule has 3 aliphatic rings. The third-order valence-electron chi connectivity index (χ3n) is 6.91. The Kier molecular flexibility index (Phi) is 4.45. The zero-order chi connectivity index (χ0) is 20.9. The number of piperazine rings is 1. The largest absolute Gasteiger partial charge is 0.467 e. The van der Waals surface area contributed by atoms with Crippen LogP contribution in [-0.2, 0) is 13.0 Å². The summed E-state index contributed by atoms with van der Waals surface area (Å²) < 4.78 is 19.8. The van der Waals surface area contributed by atoms with Gasteiger partial charge in [-0.25, -0.2) is 4.39 Å². The first kappa shape index (κ1) is 18.8. The molecule has 3 aliphatic heterocycles. The van der Waals surface area contributed by atoms with Crippen LogP contribution in [0.5, 0.6) is 6.01 Å². The van der Waals surface area contributed by atoms with Gasteiger partial charge in [-0.2, -0.15) is 9.97 Å². The van der Waals surface area contributed by atoms with Crippen molar-refractivity contribution in [2.24, 2.45) is 0 Å². The Morgan fingerprint density at radius 1 is 1.00 bits per heavy atom. The lowest BCUT2D eigenvalue weighted by Crippen LogP contribution is -2.52. The number of nitrogens with zero attached hydrogens (tertiary/aromatic N) is 4. The normalized spacial score (nSPS) is 22.6. The van der Waals surface area contributed by atoms with E-state index in [-0.39, 0.29) is 5.82 Å². The number of aromatic nitrogens is 2. The van der Waals surface area contributed by atoms with Gasteiger partial charge in [0.25, 0.3) is 0 Å². The Morgan fingerprint density at radius 3 is 2.58 bits per heavy atom. The van der Waals surface area contributed by atoms with Crippen molar-refractivity contribution in [2.45, 2.75) is 37.9 Å². The minimum atomic E-state index is -0.184. The van der Waals surface area contributed by atoms with E-state index in [0.29, 0.717) is 30.0 Å². The Morgan fingerprint density at radius 2 is 1.77 bits per heavy atom. The molecule has 0 saturated carbocycles. The third-order valence-corrected chi connectivity index (χ3v) is 6.91. The predicted octanol–water partition coefficient (Wildman–Crippen LogP) is 3.28. The highest BCUT2D eigenvalue weighted by molar-refractivity contribution is 5.94. The second-order valence-electron chi connectivity index (χ2n) is 8.79. The number of rotatable bonds is 3. The minimum absolute atomic E-state index is 0.184. The van der Waals surface area contributed by atoms with Gasteiger partial charge >= 0.3 is 6.01 Å². The summed E-state index contributed by atoms with van der Waals surface area (Å²) in [6.07, 6.45) is 3.33. The van der Waals surface area contributed by atoms with E-state index >= 15 is 0 Å². The summed E-state index contributed by atoms with van der Waals surface area (Å²) in [6, 6.07) is 12.6. The van der Waals surface area contributed by atoms with E-state index in [1.807, 2.05) is 18.2 Å². The average Bonchev–Trinajstić information content (AvgIpc) is 3.15. The van der Waals surface area contributed by atoms with E-state index in [9.17, 15) is 4.39 Å². The zero-order valence-electron chi connectivity index (χ0n) is 17.6. The fourth-order valence-electron chi connectivity index (χ4n) is 5.45. The fraction of sp³-hybridized carbons (Fsp3) is 0.417. The van der Waals surface area contributed by atoms with Crippen molar-refractivity contribution in [2.75, 3.05) is 36.5 Å². The third kappa shape index (κ3) is 3.19. The molecule has 2 aromatic carbocycles. The molecule has 7 heteroatoms. The number of nitrogens with one attached hydrogen (secondary N) is 1. The van der Waals surface area contributed by atoms with E-state index in [2.05, 4.69) is 21.2 Å². The Labute approximate surface area is 181 Å². The lowest BCUT2D eigenvalue weighted by Gasteiger charge is -2.37. The van der Waals surface area contributed by atoms with Crippen LogP contribution in [0.25, 0.3) is 10.8 Å². The van der Waals surface area contributed by atoms with Gasteiger partial charge in [0.2, 0.25) is 0 Å². The number of methoxy groups -OCH3 is 1. The second-order valence-corrected chi connectivity index (χ2v) is 8.79. The summed E-state index contributed by atoms with van der Waals surface area (Å²) in [5.41, 5.74) is 3.28. The van der Waals surface area contributed by atoms with Gasteiger partial charge in [-0.3, -0.25) is 0 Å². The van der Waals surface area contributed by atoms with Crippen LogP contribution in [0.1, 0.15) is 24.1 Å². The maximum Gasteiger partial charge on any atom is 0.318 e. The lowest BCUT2D eigenvalue weighted by atomic mass is 10.0. The summed E-state index contributed by atoms with van der Waals surface area (Å²) in [7, 11) is 1.63. The molecule has 4 heterocycles. The fourth-order valence-corrected chi connectivity index (χ4v) is 5.45. The average molecular weight is 420 g/mol. The first-order chi connectivity index (χ1) is 15.2. The summed E-state index contributed by atoms with van der Waals surface area (Å²) in [6.45, 7) is 3.48. The van der Waals surface area contributed by atoms with Crippen molar-refractivity contribution < 1.29 is 9.13 Å². The molecule has 3 aromatic rings. The van der Waals surface area contributed by atoms with E-state index in [0.717, 1.165) is 48.6 Å². The Bertz CT molecular complexity index is 1140. The van der Waals surface area contributed by atoms with Gasteiger partial charge in [0, 0.05) is 53.7 Å². The van der Waals surface area contributed by atoms with Gasteiger partial charge in [-0.05, 0) is 31.4 Å². The highest BCUT2D eigenvalue weighted by atomic mass is 19.1. The van der Waals surface area contributed by atoms with Gasteiger partial charge < -0.3 is 19.9 Å². The molecule has 6 rings (SSSR count). The molecular weight excluding hydrogens is 393 g/mol. The molecule has 0 radical (unpaired) electrons. The topological polar surface area (TPSA) is 53.5 Å². The second kappa shape index (κ2) is 7.34. The van der Waals surface area contributed by atoms with E-state index in [1.165, 1.54) is 24.5 Å². The minimum Gasteiger partial charge on any atom is -0.467 e. The number of hydrogen-bond acceptors (Lipinski definition) is 6. The lowest BCUT2D eigenvalue weighted by molar-refractivity contribution is 0.374. The van der Waals surface area contributed by atoms with Crippen molar-refractivity contribution in [3.63, 3.8) is 0 Å². The van der Waals surface area contributed by atoms with Crippen LogP contribution in [0.2, 0.25) is 0 Å². The predicted molar refractivity (Wildman–Crippen MR) is 119 cm³/mol. The van der Waals surface area contributed by atoms with Crippen molar-refractivity contribution in [3.05, 3.63) is 53.5 Å². The summed E-state index contributed by atoms with van der Waals surface area (Å²) >= 11 is 0. The Balaban J connectivity index is 1.38. The van der Waals surface area contributed by atoms with Crippen LogP contribution in [0.3, 0.4) is 0 Å². The first-order valence-corrected chi connectivity index (χ1v) is 11.1. The number of anilines is 2. The van der Waals surface area contributed by atoms with Gasteiger partial charge in [-0.1, -0.05) is 24.3 Å². The molecule has 160 valence electrons. The molecule has 1 N–H and O–H groups in total. The van der Waals surface area contributed by atoms with Crippen LogP contribution in [0.4, 0.5) is 15.9 Å². The van der Waals surface area contributed by atoms with Crippen LogP contribution in [0, 0.1) is 5.82 Å². The molecule has 2 atom stereocenters. The van der Waals surface area contributed by atoms with E-state index in [4.69, 9.17) is 14.7 Å². The molecule has 0 amide bonds. The van der Waals surface area contributed by atoms with Crippen molar-refractivity contribution in [1.29, 1.82) is 0 Å². The number of benzene rings is 2. The number of hydrogen-bond donors (Lipinski definition) is 1. The van der Waals surface area contributed by atoms with Gasteiger partial charge in [-0.15, -0.1) is 0 Å². The first-order valence-electron chi connectivity index (χ1n) is 11.1. The number of ether oxygens (including phenoxy) is 1. The van der Waals surface area contributed by atoms with Crippen molar-refractivity contribution >= 4 is 22.3 Å². The van der Waals surface area contributed by atoms with Gasteiger partial charge in [0.1, 0.15) is 11.6 Å². The van der Waals surface area contributed by atoms with Crippen LogP contribution in [0.15, 0.2) is 36.4 Å². The molecular formula is C24H26FN5O. The van der Waals surface area contributed by atoms with E-state index in [1.54, 1.807) is 13.2 Å². The molecule has 0 spiro atoms. The summed E-state index contributed by atoms with van der Waals surface area (Å²) in [5.74, 6) is 0.847. The smallest absolute Gasteiger partial charge is 0.318 e. The number of fused-ring (bicyclic) bond motifs is 4. The van der Waals surface area contributed by atoms with Crippen LogP contribution >= 0.6 is 0 Å². The molecule has 2 saturated heterocycles. The molecule has 1 aromatic heterocycles. The monoisotopic (exact) mass is 419 g/mol. The molecule has 2 fully saturated rings. The van der Waals surface area contributed by atoms with E-state index < -0.39 is 0 Å². The maximum absolute atomic E-state index is 14.3. The molecule has 6 nitrogen and oxygen atoms in total. The SMILES string of the molecule is COc1nc2c(c(N3CC4CCC(C3)N4)n1)CCN(c1cccc3c(F)cccc13)C2. The maximum atomic E-state index is 14.3. The highest BCUT2D eigenvalue weighted by Gasteiger charge is 2.35. The van der Waals surface area contributed by atoms with Crippen molar-refractivity contribution in [3.8, 4) is 6.01 Å². The highest BCUT2D eigenvalue weighted by Crippen LogP contribution is 2.35. The molecule has 31 heavy (non-hydrogen) atoms. The zero-order valence-corrected chi connectivity index (χ0v) is 17.6. The summed E-state index contributed by atoms with van der Waals surface area (Å²) in [5, 5.41) is 5.29. The molecule has 2 bridgehead atoms. The van der Waals surface area contributed by atoms with Crippen LogP contribution in [-0.4, -0.2) is 48.8 Å². The van der Waals surface area contributed by atoms with Gasteiger partial charge in [0.05, 0.1) is 19.3 Å². The quantitative estimate of drug-likeness (QED) is 0.703. The van der Waals surface area contributed by atoms with Crippen LogP contribution < -0.4 is 19.9 Å². The summed E-state index contributed by atoms with van der Waals surface area (Å²) in [4.78, 5) is 14.2. The Hall–Kier alpha value is -2.93.